The molecule has 2 heterocycles. The Morgan fingerprint density at radius 3 is 2.69 bits per heavy atom. The van der Waals surface area contributed by atoms with Crippen LogP contribution in [0.25, 0.3) is 0 Å². The molecule has 1 aromatic heterocycles. The Labute approximate surface area is 159 Å². The summed E-state index contributed by atoms with van der Waals surface area (Å²) in [6, 6.07) is 9.39. The molecule has 26 heavy (non-hydrogen) atoms. The number of benzene rings is 1. The van der Waals surface area contributed by atoms with Gasteiger partial charge in [-0.2, -0.15) is 0 Å². The molecule has 1 aromatic carbocycles. The Kier molecular flexibility index (Phi) is 6.22. The molecule has 3 rings (SSSR count). The van der Waals surface area contributed by atoms with Gasteiger partial charge in [-0.1, -0.05) is 11.6 Å². The second kappa shape index (κ2) is 8.60. The van der Waals surface area contributed by atoms with Crippen molar-refractivity contribution in [3.8, 4) is 5.75 Å². The first kappa shape index (κ1) is 18.8. The molecule has 1 N–H and O–H groups in total. The number of nitrogens with one attached hydrogen (secondary N) is 1. The molecule has 0 saturated carbocycles. The van der Waals surface area contributed by atoms with Crippen LogP contribution in [0.1, 0.15) is 36.0 Å². The standard InChI is InChI=1S/C20H25ClN2O3/c1-14-11-16(6-7-17(14)21)25-13-20(24)22-12-18(23-9-3-4-10-23)19-8-5-15(2)26-19/h5-8,11,18H,3-4,9-10,12-13H2,1-2H3,(H,22,24). The van der Waals surface area contributed by atoms with Gasteiger partial charge in [0.1, 0.15) is 17.3 Å². The van der Waals surface area contributed by atoms with Crippen LogP contribution >= 0.6 is 11.6 Å². The topological polar surface area (TPSA) is 54.7 Å². The van der Waals surface area contributed by atoms with E-state index in [1.807, 2.05) is 32.0 Å². The fourth-order valence-electron chi connectivity index (χ4n) is 3.21. The van der Waals surface area contributed by atoms with Crippen molar-refractivity contribution in [1.29, 1.82) is 0 Å². The number of hydrogen-bond acceptors (Lipinski definition) is 4. The minimum absolute atomic E-state index is 0.0228. The zero-order chi connectivity index (χ0) is 18.5. The third kappa shape index (κ3) is 4.80. The summed E-state index contributed by atoms with van der Waals surface area (Å²) in [7, 11) is 0. The van der Waals surface area contributed by atoms with E-state index in [1.54, 1.807) is 12.1 Å². The number of likely N-dealkylation sites (tertiary alicyclic amines) is 1. The Morgan fingerprint density at radius 2 is 2.04 bits per heavy atom. The molecule has 140 valence electrons. The number of furan rings is 1. The van der Waals surface area contributed by atoms with Gasteiger partial charge in [-0.25, -0.2) is 0 Å². The lowest BCUT2D eigenvalue weighted by molar-refractivity contribution is -0.123. The number of nitrogens with zero attached hydrogens (tertiary/aromatic N) is 1. The smallest absolute Gasteiger partial charge is 0.258 e. The Morgan fingerprint density at radius 1 is 1.27 bits per heavy atom. The van der Waals surface area contributed by atoms with Gasteiger partial charge in [-0.05, 0) is 75.7 Å². The highest BCUT2D eigenvalue weighted by atomic mass is 35.5. The van der Waals surface area contributed by atoms with Crippen LogP contribution < -0.4 is 10.1 Å². The van der Waals surface area contributed by atoms with E-state index in [4.69, 9.17) is 20.8 Å². The third-order valence-electron chi connectivity index (χ3n) is 4.66. The molecule has 0 bridgehead atoms. The largest absolute Gasteiger partial charge is 0.484 e. The second-order valence-corrected chi connectivity index (χ2v) is 7.12. The minimum Gasteiger partial charge on any atom is -0.484 e. The van der Waals surface area contributed by atoms with E-state index >= 15 is 0 Å². The van der Waals surface area contributed by atoms with Crippen molar-refractivity contribution in [3.05, 3.63) is 52.4 Å². The molecule has 1 saturated heterocycles. The van der Waals surface area contributed by atoms with Gasteiger partial charge in [-0.15, -0.1) is 0 Å². The highest BCUT2D eigenvalue weighted by Crippen LogP contribution is 2.26. The minimum atomic E-state index is -0.148. The highest BCUT2D eigenvalue weighted by molar-refractivity contribution is 6.31. The predicted molar refractivity (Wildman–Crippen MR) is 102 cm³/mol. The second-order valence-electron chi connectivity index (χ2n) is 6.71. The molecule has 1 aliphatic rings. The average molecular weight is 377 g/mol. The number of hydrogen-bond donors (Lipinski definition) is 1. The molecule has 1 aliphatic heterocycles. The number of halogens is 1. The lowest BCUT2D eigenvalue weighted by Gasteiger charge is -2.26. The molecular weight excluding hydrogens is 352 g/mol. The van der Waals surface area contributed by atoms with Crippen molar-refractivity contribution in [2.45, 2.75) is 32.7 Å². The van der Waals surface area contributed by atoms with E-state index in [0.29, 0.717) is 17.3 Å². The van der Waals surface area contributed by atoms with Crippen LogP contribution in [0.4, 0.5) is 0 Å². The number of carbonyl (C=O) groups excluding carboxylic acids is 1. The van der Waals surface area contributed by atoms with E-state index in [9.17, 15) is 4.79 Å². The van der Waals surface area contributed by atoms with Crippen LogP contribution in [-0.4, -0.2) is 37.0 Å². The van der Waals surface area contributed by atoms with Crippen molar-refractivity contribution >= 4 is 17.5 Å². The summed E-state index contributed by atoms with van der Waals surface area (Å²) in [5.41, 5.74) is 0.923. The summed E-state index contributed by atoms with van der Waals surface area (Å²) < 4.78 is 11.4. The van der Waals surface area contributed by atoms with Gasteiger partial charge in [0.15, 0.2) is 6.61 Å². The zero-order valence-electron chi connectivity index (χ0n) is 15.3. The molecule has 1 unspecified atom stereocenters. The van der Waals surface area contributed by atoms with Crippen LogP contribution in [0.3, 0.4) is 0 Å². The molecule has 6 heteroatoms. The predicted octanol–water partition coefficient (Wildman–Crippen LogP) is 3.88. The van der Waals surface area contributed by atoms with Gasteiger partial charge < -0.3 is 14.5 Å². The highest BCUT2D eigenvalue weighted by Gasteiger charge is 2.26. The molecule has 0 aliphatic carbocycles. The molecule has 1 atom stereocenters. The normalized spacial score (nSPS) is 15.8. The molecule has 0 radical (unpaired) electrons. The Hall–Kier alpha value is -1.98. The van der Waals surface area contributed by atoms with Crippen LogP contribution in [0.2, 0.25) is 5.02 Å². The van der Waals surface area contributed by atoms with E-state index in [0.717, 1.165) is 30.2 Å². The van der Waals surface area contributed by atoms with Crippen molar-refractivity contribution < 1.29 is 13.9 Å². The molecule has 5 nitrogen and oxygen atoms in total. The van der Waals surface area contributed by atoms with Crippen LogP contribution in [-0.2, 0) is 4.79 Å². The summed E-state index contributed by atoms with van der Waals surface area (Å²) in [6.07, 6.45) is 2.37. The summed E-state index contributed by atoms with van der Waals surface area (Å²) in [4.78, 5) is 14.6. The fourth-order valence-corrected chi connectivity index (χ4v) is 3.33. The van der Waals surface area contributed by atoms with Gasteiger partial charge in [0.25, 0.3) is 5.91 Å². The first-order valence-corrected chi connectivity index (χ1v) is 9.37. The summed E-state index contributed by atoms with van der Waals surface area (Å²) in [5, 5.41) is 3.66. The third-order valence-corrected chi connectivity index (χ3v) is 5.09. The van der Waals surface area contributed by atoms with Crippen molar-refractivity contribution in [1.82, 2.24) is 10.2 Å². The van der Waals surface area contributed by atoms with Gasteiger partial charge in [0.05, 0.1) is 6.04 Å². The number of aryl methyl sites for hydroxylation is 2. The number of amides is 1. The van der Waals surface area contributed by atoms with Crippen LogP contribution in [0.15, 0.2) is 34.7 Å². The number of rotatable bonds is 7. The maximum absolute atomic E-state index is 12.2. The van der Waals surface area contributed by atoms with Gasteiger partial charge >= 0.3 is 0 Å². The number of carbonyl (C=O) groups is 1. The molecule has 1 fully saturated rings. The molecule has 0 spiro atoms. The lowest BCUT2D eigenvalue weighted by Crippen LogP contribution is -2.38. The first-order chi connectivity index (χ1) is 12.5. The van der Waals surface area contributed by atoms with E-state index in [2.05, 4.69) is 10.2 Å². The Bertz CT molecular complexity index is 753. The van der Waals surface area contributed by atoms with E-state index < -0.39 is 0 Å². The maximum Gasteiger partial charge on any atom is 0.258 e. The molecule has 1 amide bonds. The Balaban J connectivity index is 1.54. The average Bonchev–Trinajstić information content (AvgIpc) is 3.29. The summed E-state index contributed by atoms with van der Waals surface area (Å²) >= 11 is 6.00. The molecule has 2 aromatic rings. The van der Waals surface area contributed by atoms with Crippen molar-refractivity contribution in [3.63, 3.8) is 0 Å². The van der Waals surface area contributed by atoms with Gasteiger partial charge in [-0.3, -0.25) is 9.69 Å². The van der Waals surface area contributed by atoms with Gasteiger partial charge in [0.2, 0.25) is 0 Å². The number of ether oxygens (including phenoxy) is 1. The quantitative estimate of drug-likeness (QED) is 0.796. The first-order valence-electron chi connectivity index (χ1n) is 8.99. The molecular formula is C20H25ClN2O3. The van der Waals surface area contributed by atoms with Crippen molar-refractivity contribution in [2.24, 2.45) is 0 Å². The summed E-state index contributed by atoms with van der Waals surface area (Å²) in [5.74, 6) is 2.28. The monoisotopic (exact) mass is 376 g/mol. The zero-order valence-corrected chi connectivity index (χ0v) is 16.0. The van der Waals surface area contributed by atoms with Crippen LogP contribution in [0.5, 0.6) is 5.75 Å². The maximum atomic E-state index is 12.2. The van der Waals surface area contributed by atoms with E-state index in [1.165, 1.54) is 12.8 Å². The van der Waals surface area contributed by atoms with Crippen LogP contribution in [0, 0.1) is 13.8 Å². The fraction of sp³-hybridized carbons (Fsp3) is 0.450. The van der Waals surface area contributed by atoms with E-state index in [-0.39, 0.29) is 18.6 Å². The van der Waals surface area contributed by atoms with Crippen molar-refractivity contribution in [2.75, 3.05) is 26.2 Å². The van der Waals surface area contributed by atoms with Gasteiger partial charge in [0, 0.05) is 11.6 Å². The SMILES string of the molecule is Cc1ccc(C(CNC(=O)COc2ccc(Cl)c(C)c2)N2CCCC2)o1. The lowest BCUT2D eigenvalue weighted by atomic mass is 10.2. The summed E-state index contributed by atoms with van der Waals surface area (Å²) in [6.45, 7) is 6.38.